The van der Waals surface area contributed by atoms with Crippen molar-refractivity contribution in [2.45, 2.75) is 47.0 Å². The van der Waals surface area contributed by atoms with Gasteiger partial charge in [-0.25, -0.2) is 0 Å². The van der Waals surface area contributed by atoms with Gasteiger partial charge in [-0.1, -0.05) is 37.6 Å². The molecule has 1 heterocycles. The number of methoxy groups -OCH3 is 1. The van der Waals surface area contributed by atoms with Gasteiger partial charge < -0.3 is 10.1 Å². The average Bonchev–Trinajstić information content (AvgIpc) is 3.20. The molecule has 176 valence electrons. The van der Waals surface area contributed by atoms with Gasteiger partial charge in [0.15, 0.2) is 0 Å². The lowest BCUT2D eigenvalue weighted by molar-refractivity contribution is 0.102. The number of allylic oxidation sites excluding steroid dienone is 5. The summed E-state index contributed by atoms with van der Waals surface area (Å²) in [5.74, 6) is 0.647. The smallest absolute Gasteiger partial charge is 0.255 e. The van der Waals surface area contributed by atoms with E-state index >= 15 is 0 Å². The molecule has 0 saturated heterocycles. The van der Waals surface area contributed by atoms with E-state index in [0.29, 0.717) is 5.56 Å². The molecule has 0 radical (unpaired) electrons. The van der Waals surface area contributed by atoms with E-state index in [-0.39, 0.29) is 11.3 Å². The van der Waals surface area contributed by atoms with Crippen LogP contribution in [0.25, 0.3) is 16.2 Å². The fraction of sp³-hybridized carbons (Fsp3) is 0.300. The number of rotatable bonds is 6. The molecule has 3 nitrogen and oxygen atoms in total. The molecule has 0 atom stereocenters. The largest absolute Gasteiger partial charge is 0.497 e. The number of carbonyl (C=O) groups excluding carboxylic acids is 1. The molecule has 4 heteroatoms. The standard InChI is InChI=1S/C30H33NO2S/c1-20(8-15-27-21(2)7-6-16-30(27,3)4)17-26-18-22-9-10-23(19-28(22)34-26)29(32)31-24-11-13-25(33-5)14-12-24/h8-15,17-19H,6-7,16H2,1-5H3,(H,31,32). The van der Waals surface area contributed by atoms with Crippen LogP contribution in [0.4, 0.5) is 5.69 Å². The molecule has 2 aromatic carbocycles. The van der Waals surface area contributed by atoms with E-state index in [0.717, 1.165) is 21.5 Å². The molecule has 4 rings (SSSR count). The predicted molar refractivity (Wildman–Crippen MR) is 146 cm³/mol. The third kappa shape index (κ3) is 5.51. The van der Waals surface area contributed by atoms with Crippen molar-refractivity contribution < 1.29 is 9.53 Å². The van der Waals surface area contributed by atoms with Crippen LogP contribution >= 0.6 is 11.3 Å². The van der Waals surface area contributed by atoms with Gasteiger partial charge in [0.2, 0.25) is 0 Å². The van der Waals surface area contributed by atoms with Crippen LogP contribution in [0.1, 0.15) is 62.2 Å². The normalized spacial score (nSPS) is 16.3. The van der Waals surface area contributed by atoms with Crippen LogP contribution in [-0.4, -0.2) is 13.0 Å². The predicted octanol–water partition coefficient (Wildman–Crippen LogP) is 8.65. The summed E-state index contributed by atoms with van der Waals surface area (Å²) >= 11 is 1.71. The maximum absolute atomic E-state index is 12.7. The number of fused-ring (bicyclic) bond motifs is 1. The van der Waals surface area contributed by atoms with Crippen molar-refractivity contribution in [3.8, 4) is 5.75 Å². The molecular formula is C30H33NO2S. The van der Waals surface area contributed by atoms with Crippen molar-refractivity contribution in [2.24, 2.45) is 5.41 Å². The number of anilines is 1. The molecule has 34 heavy (non-hydrogen) atoms. The summed E-state index contributed by atoms with van der Waals surface area (Å²) in [5, 5.41) is 4.11. The molecule has 0 unspecified atom stereocenters. The first-order valence-corrected chi connectivity index (χ1v) is 12.6. The molecule has 1 amide bonds. The molecule has 1 aliphatic carbocycles. The van der Waals surface area contributed by atoms with Crippen LogP contribution in [0, 0.1) is 5.41 Å². The zero-order chi connectivity index (χ0) is 24.3. The topological polar surface area (TPSA) is 38.3 Å². The van der Waals surface area contributed by atoms with Crippen molar-refractivity contribution in [1.29, 1.82) is 0 Å². The lowest BCUT2D eigenvalue weighted by Crippen LogP contribution is -2.19. The maximum Gasteiger partial charge on any atom is 0.255 e. The molecule has 0 saturated carbocycles. The summed E-state index contributed by atoms with van der Waals surface area (Å²) < 4.78 is 6.28. The zero-order valence-corrected chi connectivity index (χ0v) is 21.5. The number of ether oxygens (including phenoxy) is 1. The first-order chi connectivity index (χ1) is 16.2. The molecule has 1 aliphatic rings. The summed E-state index contributed by atoms with van der Waals surface area (Å²) in [6, 6.07) is 15.4. The van der Waals surface area contributed by atoms with Crippen LogP contribution in [0.15, 0.2) is 77.4 Å². The Balaban J connectivity index is 1.50. The van der Waals surface area contributed by atoms with Crippen LogP contribution in [0.2, 0.25) is 0 Å². The highest BCUT2D eigenvalue weighted by atomic mass is 32.1. The lowest BCUT2D eigenvalue weighted by Gasteiger charge is -2.32. The highest BCUT2D eigenvalue weighted by Gasteiger charge is 2.26. The van der Waals surface area contributed by atoms with Crippen LogP contribution in [-0.2, 0) is 0 Å². The maximum atomic E-state index is 12.7. The Kier molecular flexibility index (Phi) is 7.08. The number of thiophene rings is 1. The molecule has 0 spiro atoms. The Bertz CT molecular complexity index is 1290. The Morgan fingerprint density at radius 1 is 1.12 bits per heavy atom. The van der Waals surface area contributed by atoms with Gasteiger partial charge in [-0.15, -0.1) is 11.3 Å². The summed E-state index contributed by atoms with van der Waals surface area (Å²) in [5.41, 5.74) is 5.87. The minimum atomic E-state index is -0.115. The van der Waals surface area contributed by atoms with E-state index in [1.165, 1.54) is 40.9 Å². The van der Waals surface area contributed by atoms with Crippen LogP contribution in [0.5, 0.6) is 5.75 Å². The Labute approximate surface area is 206 Å². The average molecular weight is 472 g/mol. The first kappa shape index (κ1) is 24.0. The SMILES string of the molecule is COc1ccc(NC(=O)c2ccc3cc(C=C(C)C=CC4=C(C)CCCC4(C)C)sc3c2)cc1. The van der Waals surface area contributed by atoms with E-state index in [2.05, 4.69) is 57.3 Å². The minimum Gasteiger partial charge on any atom is -0.497 e. The highest BCUT2D eigenvalue weighted by Crippen LogP contribution is 2.41. The third-order valence-corrected chi connectivity index (χ3v) is 7.62. The van der Waals surface area contributed by atoms with Gasteiger partial charge in [-0.3, -0.25) is 4.79 Å². The van der Waals surface area contributed by atoms with Crippen molar-refractivity contribution in [3.63, 3.8) is 0 Å². The van der Waals surface area contributed by atoms with E-state index in [1.54, 1.807) is 18.4 Å². The number of benzene rings is 2. The summed E-state index contributed by atoms with van der Waals surface area (Å²) in [7, 11) is 1.63. The number of carbonyl (C=O) groups is 1. The number of amides is 1. The van der Waals surface area contributed by atoms with Crippen molar-refractivity contribution in [2.75, 3.05) is 12.4 Å². The van der Waals surface area contributed by atoms with E-state index in [4.69, 9.17) is 4.74 Å². The number of hydrogen-bond donors (Lipinski definition) is 1. The van der Waals surface area contributed by atoms with Crippen molar-refractivity contribution >= 4 is 39.1 Å². The fourth-order valence-corrected chi connectivity index (χ4v) is 5.75. The van der Waals surface area contributed by atoms with Gasteiger partial charge in [0.1, 0.15) is 5.75 Å². The third-order valence-electron chi connectivity index (χ3n) is 6.57. The van der Waals surface area contributed by atoms with Gasteiger partial charge in [0.05, 0.1) is 7.11 Å². The van der Waals surface area contributed by atoms with Crippen molar-refractivity contribution in [1.82, 2.24) is 0 Å². The summed E-state index contributed by atoms with van der Waals surface area (Å²) in [6.45, 7) is 9.12. The second kappa shape index (κ2) is 10.0. The molecule has 1 N–H and O–H groups in total. The van der Waals surface area contributed by atoms with E-state index in [1.807, 2.05) is 42.5 Å². The van der Waals surface area contributed by atoms with Gasteiger partial charge in [0, 0.05) is 20.8 Å². The van der Waals surface area contributed by atoms with Crippen molar-refractivity contribution in [3.05, 3.63) is 87.8 Å². The Hall–Kier alpha value is -3.11. The monoisotopic (exact) mass is 471 g/mol. The molecule has 1 aromatic heterocycles. The van der Waals surface area contributed by atoms with Gasteiger partial charge in [-0.05, 0) is 104 Å². The minimum absolute atomic E-state index is 0.115. The highest BCUT2D eigenvalue weighted by molar-refractivity contribution is 7.19. The molecule has 0 bridgehead atoms. The van der Waals surface area contributed by atoms with E-state index in [9.17, 15) is 4.79 Å². The van der Waals surface area contributed by atoms with Gasteiger partial charge in [-0.2, -0.15) is 0 Å². The molecular weight excluding hydrogens is 438 g/mol. The quantitative estimate of drug-likeness (QED) is 0.365. The molecule has 0 aliphatic heterocycles. The van der Waals surface area contributed by atoms with Gasteiger partial charge >= 0.3 is 0 Å². The van der Waals surface area contributed by atoms with Gasteiger partial charge in [0.25, 0.3) is 5.91 Å². The number of hydrogen-bond acceptors (Lipinski definition) is 3. The Morgan fingerprint density at radius 3 is 2.59 bits per heavy atom. The second-order valence-electron chi connectivity index (χ2n) is 9.74. The van der Waals surface area contributed by atoms with E-state index < -0.39 is 0 Å². The van der Waals surface area contributed by atoms with Crippen LogP contribution < -0.4 is 10.1 Å². The lowest BCUT2D eigenvalue weighted by atomic mass is 9.72. The summed E-state index contributed by atoms with van der Waals surface area (Å²) in [6.07, 6.45) is 10.5. The number of nitrogens with one attached hydrogen (secondary N) is 1. The summed E-state index contributed by atoms with van der Waals surface area (Å²) in [4.78, 5) is 13.9. The van der Waals surface area contributed by atoms with Crippen LogP contribution in [0.3, 0.4) is 0 Å². The molecule has 3 aromatic rings. The molecule has 0 fully saturated rings. The first-order valence-electron chi connectivity index (χ1n) is 11.8. The Morgan fingerprint density at radius 2 is 1.88 bits per heavy atom. The fourth-order valence-electron chi connectivity index (χ4n) is 4.64. The second-order valence-corrected chi connectivity index (χ2v) is 10.9. The zero-order valence-electron chi connectivity index (χ0n) is 20.7.